The zero-order valence-electron chi connectivity index (χ0n) is 15.4. The zero-order valence-corrected chi connectivity index (χ0v) is 15.4. The van der Waals surface area contributed by atoms with E-state index in [9.17, 15) is 4.79 Å². The Morgan fingerprint density at radius 1 is 0.962 bits per heavy atom. The van der Waals surface area contributed by atoms with Crippen molar-refractivity contribution in [1.29, 1.82) is 0 Å². The number of pyridine rings is 2. The van der Waals surface area contributed by atoms with Gasteiger partial charge < -0.3 is 0 Å². The molecule has 2 aromatic carbocycles. The van der Waals surface area contributed by atoms with Crippen molar-refractivity contribution in [2.24, 2.45) is 0 Å². The molecule has 0 spiro atoms. The average Bonchev–Trinajstić information content (AvgIpc) is 2.67. The van der Waals surface area contributed by atoms with Crippen LogP contribution in [0.5, 0.6) is 0 Å². The number of aromatic nitrogens is 2. The molecular weight excluding hydrogens is 320 g/mol. The van der Waals surface area contributed by atoms with Crippen molar-refractivity contribution < 1.29 is 0 Å². The largest absolute Gasteiger partial charge is 0.278 e. The minimum atomic E-state index is 0.0344. The van der Waals surface area contributed by atoms with Crippen LogP contribution in [0.1, 0.15) is 30.7 Å². The van der Waals surface area contributed by atoms with Gasteiger partial charge in [0.1, 0.15) is 0 Å². The second-order valence-electron chi connectivity index (χ2n) is 6.67. The number of benzene rings is 2. The van der Waals surface area contributed by atoms with E-state index in [0.717, 1.165) is 45.9 Å². The third-order valence-corrected chi connectivity index (χ3v) is 5.09. The standard InChI is InChI=1S/C23H22N2O/c1-4-17-19-14-15(3)11-12-18(19)23(26)25(20(17)5-2)21-10-6-8-16-9-7-13-24-22(16)21/h6-14H,4-5H2,1-3H3. The minimum absolute atomic E-state index is 0.0344. The van der Waals surface area contributed by atoms with Crippen LogP contribution in [-0.2, 0) is 12.8 Å². The molecule has 3 heteroatoms. The summed E-state index contributed by atoms with van der Waals surface area (Å²) in [6, 6.07) is 16.1. The molecular formula is C23H22N2O. The fraction of sp³-hybridized carbons (Fsp3) is 0.217. The third kappa shape index (κ3) is 2.43. The van der Waals surface area contributed by atoms with E-state index in [1.807, 2.05) is 47.0 Å². The first-order chi connectivity index (χ1) is 12.7. The molecule has 3 nitrogen and oxygen atoms in total. The number of hydrogen-bond donors (Lipinski definition) is 0. The molecule has 0 saturated carbocycles. The number of para-hydroxylation sites is 1. The summed E-state index contributed by atoms with van der Waals surface area (Å²) in [6.07, 6.45) is 3.47. The second kappa shape index (κ2) is 6.41. The van der Waals surface area contributed by atoms with Crippen molar-refractivity contribution in [3.05, 3.63) is 81.9 Å². The normalized spacial score (nSPS) is 11.3. The lowest BCUT2D eigenvalue weighted by Gasteiger charge is -2.19. The molecule has 0 atom stereocenters. The molecule has 0 radical (unpaired) electrons. The lowest BCUT2D eigenvalue weighted by atomic mass is 9.98. The topological polar surface area (TPSA) is 34.9 Å². The Hall–Kier alpha value is -2.94. The van der Waals surface area contributed by atoms with Crippen LogP contribution in [0.15, 0.2) is 59.5 Å². The van der Waals surface area contributed by atoms with Crippen LogP contribution in [0.4, 0.5) is 0 Å². The molecule has 0 aliphatic heterocycles. The van der Waals surface area contributed by atoms with Crippen LogP contribution >= 0.6 is 0 Å². The quantitative estimate of drug-likeness (QED) is 0.527. The van der Waals surface area contributed by atoms with Crippen molar-refractivity contribution in [2.75, 3.05) is 0 Å². The van der Waals surface area contributed by atoms with Gasteiger partial charge in [0.05, 0.1) is 11.2 Å². The number of nitrogens with zero attached hydrogens (tertiary/aromatic N) is 2. The Morgan fingerprint density at radius 3 is 2.54 bits per heavy atom. The maximum atomic E-state index is 13.5. The van der Waals surface area contributed by atoms with Crippen molar-refractivity contribution in [2.45, 2.75) is 33.6 Å². The maximum absolute atomic E-state index is 13.5. The van der Waals surface area contributed by atoms with Crippen LogP contribution in [-0.4, -0.2) is 9.55 Å². The van der Waals surface area contributed by atoms with E-state index in [0.29, 0.717) is 0 Å². The average molecular weight is 342 g/mol. The number of rotatable bonds is 3. The van der Waals surface area contributed by atoms with Gasteiger partial charge >= 0.3 is 0 Å². The van der Waals surface area contributed by atoms with Crippen molar-refractivity contribution >= 4 is 21.7 Å². The fourth-order valence-corrected chi connectivity index (χ4v) is 3.92. The molecule has 4 aromatic rings. The summed E-state index contributed by atoms with van der Waals surface area (Å²) in [6.45, 7) is 6.35. The van der Waals surface area contributed by atoms with Gasteiger partial charge in [-0.1, -0.05) is 49.7 Å². The molecule has 0 fully saturated rings. The highest BCUT2D eigenvalue weighted by Crippen LogP contribution is 2.27. The van der Waals surface area contributed by atoms with Crippen molar-refractivity contribution in [3.8, 4) is 5.69 Å². The first-order valence-corrected chi connectivity index (χ1v) is 9.17. The summed E-state index contributed by atoms with van der Waals surface area (Å²) in [5.41, 5.74) is 5.26. The van der Waals surface area contributed by atoms with E-state index in [4.69, 9.17) is 0 Å². The molecule has 2 aromatic heterocycles. The van der Waals surface area contributed by atoms with E-state index in [1.165, 1.54) is 11.1 Å². The highest BCUT2D eigenvalue weighted by Gasteiger charge is 2.17. The number of fused-ring (bicyclic) bond motifs is 2. The van der Waals surface area contributed by atoms with Gasteiger partial charge in [0, 0.05) is 22.7 Å². The molecule has 4 rings (SSSR count). The molecule has 0 aliphatic rings. The van der Waals surface area contributed by atoms with Gasteiger partial charge in [-0.2, -0.15) is 0 Å². The van der Waals surface area contributed by atoms with Gasteiger partial charge in [-0.15, -0.1) is 0 Å². The van der Waals surface area contributed by atoms with E-state index in [1.54, 1.807) is 6.20 Å². The summed E-state index contributed by atoms with van der Waals surface area (Å²) in [5.74, 6) is 0. The molecule has 26 heavy (non-hydrogen) atoms. The molecule has 2 heterocycles. The number of aryl methyl sites for hydroxylation is 2. The zero-order chi connectivity index (χ0) is 18.3. The fourth-order valence-electron chi connectivity index (χ4n) is 3.92. The van der Waals surface area contributed by atoms with Crippen LogP contribution in [0.3, 0.4) is 0 Å². The summed E-state index contributed by atoms with van der Waals surface area (Å²) < 4.78 is 1.88. The Morgan fingerprint density at radius 2 is 1.77 bits per heavy atom. The van der Waals surface area contributed by atoms with Gasteiger partial charge in [-0.25, -0.2) is 0 Å². The lowest BCUT2D eigenvalue weighted by molar-refractivity contribution is 0.861. The minimum Gasteiger partial charge on any atom is -0.278 e. The summed E-state index contributed by atoms with van der Waals surface area (Å²) in [5, 5.41) is 2.90. The second-order valence-corrected chi connectivity index (χ2v) is 6.67. The van der Waals surface area contributed by atoms with Gasteiger partial charge in [0.2, 0.25) is 0 Å². The highest BCUT2D eigenvalue weighted by atomic mass is 16.1. The van der Waals surface area contributed by atoms with Crippen molar-refractivity contribution in [1.82, 2.24) is 9.55 Å². The van der Waals surface area contributed by atoms with Crippen LogP contribution < -0.4 is 5.56 Å². The van der Waals surface area contributed by atoms with E-state index in [2.05, 4.69) is 31.8 Å². The monoisotopic (exact) mass is 342 g/mol. The summed E-state index contributed by atoms with van der Waals surface area (Å²) in [4.78, 5) is 18.0. The molecule has 0 N–H and O–H groups in total. The lowest BCUT2D eigenvalue weighted by Crippen LogP contribution is -2.24. The van der Waals surface area contributed by atoms with Gasteiger partial charge in [-0.05, 0) is 48.9 Å². The Labute approximate surface area is 152 Å². The molecule has 0 amide bonds. The van der Waals surface area contributed by atoms with E-state index < -0.39 is 0 Å². The molecule has 0 unspecified atom stereocenters. The van der Waals surface area contributed by atoms with E-state index in [-0.39, 0.29) is 5.56 Å². The smallest absolute Gasteiger partial charge is 0.263 e. The van der Waals surface area contributed by atoms with Gasteiger partial charge in [-0.3, -0.25) is 14.3 Å². The van der Waals surface area contributed by atoms with Crippen LogP contribution in [0.2, 0.25) is 0 Å². The highest BCUT2D eigenvalue weighted by molar-refractivity contribution is 5.90. The Bertz CT molecular complexity index is 1180. The third-order valence-electron chi connectivity index (χ3n) is 5.09. The van der Waals surface area contributed by atoms with Crippen LogP contribution in [0, 0.1) is 6.92 Å². The Kier molecular flexibility index (Phi) is 4.08. The summed E-state index contributed by atoms with van der Waals surface area (Å²) in [7, 11) is 0. The molecule has 0 saturated heterocycles. The van der Waals surface area contributed by atoms with Gasteiger partial charge in [0.15, 0.2) is 0 Å². The molecule has 0 bridgehead atoms. The molecule has 0 aliphatic carbocycles. The summed E-state index contributed by atoms with van der Waals surface area (Å²) >= 11 is 0. The first-order valence-electron chi connectivity index (χ1n) is 9.17. The molecule has 130 valence electrons. The van der Waals surface area contributed by atoms with Crippen LogP contribution in [0.25, 0.3) is 27.4 Å². The predicted molar refractivity (Wildman–Crippen MR) is 108 cm³/mol. The maximum Gasteiger partial charge on any atom is 0.263 e. The first kappa shape index (κ1) is 16.5. The van der Waals surface area contributed by atoms with Crippen molar-refractivity contribution in [3.63, 3.8) is 0 Å². The van der Waals surface area contributed by atoms with Gasteiger partial charge in [0.25, 0.3) is 5.56 Å². The van der Waals surface area contributed by atoms with E-state index >= 15 is 0 Å². The SMILES string of the molecule is CCc1c(CC)n(-c2cccc3cccnc23)c(=O)c2ccc(C)cc12. The predicted octanol–water partition coefficient (Wildman–Crippen LogP) is 4.97. The number of hydrogen-bond acceptors (Lipinski definition) is 2. The Balaban J connectivity index is 2.21.